The van der Waals surface area contributed by atoms with Crippen LogP contribution in [-0.2, 0) is 59.1 Å². The fraction of sp³-hybridized carbons (Fsp3) is 0.583. The molecule has 0 aromatic heterocycles. The van der Waals surface area contributed by atoms with Crippen molar-refractivity contribution in [2.24, 2.45) is 17.6 Å². The topological polar surface area (TPSA) is 231 Å². The van der Waals surface area contributed by atoms with Crippen molar-refractivity contribution in [1.82, 2.24) is 15.5 Å². The van der Waals surface area contributed by atoms with E-state index in [1.165, 1.54) is 19.1 Å². The van der Waals surface area contributed by atoms with Crippen LogP contribution < -0.4 is 21.7 Å². The largest absolute Gasteiger partial charge is 0.461 e. The molecule has 2 atom stereocenters. The van der Waals surface area contributed by atoms with Gasteiger partial charge in [-0.15, -0.1) is 0 Å². The van der Waals surface area contributed by atoms with E-state index in [9.17, 15) is 33.6 Å². The summed E-state index contributed by atoms with van der Waals surface area (Å²) in [7, 11) is 0. The summed E-state index contributed by atoms with van der Waals surface area (Å²) in [5, 5.41) is 8.07. The predicted octanol–water partition coefficient (Wildman–Crippen LogP) is 1.23. The molecule has 0 aliphatic carbocycles. The molecule has 53 heavy (non-hydrogen) atoms. The Morgan fingerprint density at radius 3 is 1.92 bits per heavy atom. The van der Waals surface area contributed by atoms with Gasteiger partial charge in [0, 0.05) is 50.1 Å². The van der Waals surface area contributed by atoms with E-state index in [4.69, 9.17) is 29.4 Å². The molecule has 0 spiro atoms. The molecule has 0 radical (unpaired) electrons. The van der Waals surface area contributed by atoms with Gasteiger partial charge in [0.1, 0.15) is 6.61 Å². The van der Waals surface area contributed by atoms with Crippen LogP contribution in [0.2, 0.25) is 0 Å². The smallest absolute Gasteiger partial charge is 0.312 e. The molecule has 1 aliphatic heterocycles. The van der Waals surface area contributed by atoms with Gasteiger partial charge in [-0.3, -0.25) is 33.7 Å². The van der Waals surface area contributed by atoms with Crippen LogP contribution in [0.5, 0.6) is 0 Å². The number of carbonyl (C=O) groups is 7. The maximum Gasteiger partial charge on any atom is 0.312 e. The highest BCUT2D eigenvalue weighted by atomic mass is 16.6. The first-order chi connectivity index (χ1) is 25.4. The summed E-state index contributed by atoms with van der Waals surface area (Å²) in [5.74, 6) is -3.16. The molecule has 5 N–H and O–H groups in total. The number of hydrogen-bond donors (Lipinski definition) is 4. The van der Waals surface area contributed by atoms with Crippen molar-refractivity contribution in [3.63, 3.8) is 0 Å². The number of nitrogens with zero attached hydrogens (tertiary/aromatic N) is 1. The number of rotatable bonds is 28. The quantitative estimate of drug-likeness (QED) is 0.0539. The third kappa shape index (κ3) is 19.1. The van der Waals surface area contributed by atoms with E-state index in [0.717, 1.165) is 10.5 Å². The number of hydrogen-bond acceptors (Lipinski definition) is 12. The summed E-state index contributed by atoms with van der Waals surface area (Å²) in [6, 6.07) is 5.23. The highest BCUT2D eigenvalue weighted by Crippen LogP contribution is 2.19. The minimum Gasteiger partial charge on any atom is -0.461 e. The summed E-state index contributed by atoms with van der Waals surface area (Å²) in [6.07, 6.45) is 3.01. The molecule has 0 fully saturated rings. The lowest BCUT2D eigenvalue weighted by molar-refractivity contribution is -0.142. The molecule has 1 aromatic carbocycles. The highest BCUT2D eigenvalue weighted by Gasteiger charge is 2.29. The van der Waals surface area contributed by atoms with Crippen LogP contribution in [-0.4, -0.2) is 118 Å². The number of ether oxygens (including phenoxy) is 5. The lowest BCUT2D eigenvalue weighted by Crippen LogP contribution is -2.45. The van der Waals surface area contributed by atoms with Crippen LogP contribution in [0, 0.1) is 11.8 Å². The van der Waals surface area contributed by atoms with Crippen LogP contribution in [0.4, 0.5) is 10.5 Å². The standard InChI is InChI=1S/C36H53N5O12/c1-25(2)34(40-31(44)12-15-49-17-19-51-21-22-52-20-18-50-16-14-41-32(45)10-11-33(41)46)30(43)23-28(5-4-13-38-36(37)48)35(47)39-29-8-6-27(7-9-29)24-53-26(3)42/h6-11,25,28,34H,4-5,12-24H2,1-3H3,(H,39,47)(H,40,44)(H3,37,38,48)/t28?,34-/m0/s1. The first-order valence-electron chi connectivity index (χ1n) is 17.6. The first-order valence-corrected chi connectivity index (χ1v) is 17.6. The third-order valence-corrected chi connectivity index (χ3v) is 7.79. The summed E-state index contributed by atoms with van der Waals surface area (Å²) in [6.45, 7) is 7.61. The number of nitrogens with one attached hydrogen (secondary N) is 3. The normalized spacial score (nSPS) is 13.5. The number of imide groups is 1. The fourth-order valence-corrected chi connectivity index (χ4v) is 4.97. The minimum atomic E-state index is -0.827. The average molecular weight is 748 g/mol. The Balaban J connectivity index is 1.68. The summed E-state index contributed by atoms with van der Waals surface area (Å²) < 4.78 is 26.7. The molecular weight excluding hydrogens is 694 g/mol. The van der Waals surface area contributed by atoms with Crippen molar-refractivity contribution in [1.29, 1.82) is 0 Å². The zero-order valence-corrected chi connectivity index (χ0v) is 30.7. The van der Waals surface area contributed by atoms with Gasteiger partial charge < -0.3 is 45.4 Å². The second kappa shape index (κ2) is 25.3. The van der Waals surface area contributed by atoms with Gasteiger partial charge in [-0.05, 0) is 36.5 Å². The molecule has 1 aromatic rings. The number of carbonyl (C=O) groups excluding carboxylic acids is 7. The van der Waals surface area contributed by atoms with Crippen molar-refractivity contribution < 1.29 is 57.2 Å². The van der Waals surface area contributed by atoms with E-state index >= 15 is 0 Å². The number of Topliss-reactive ketones (excluding diaryl/α,β-unsaturated/α-hetero) is 1. The molecule has 1 unspecified atom stereocenters. The number of nitrogens with two attached hydrogens (primary N) is 1. The van der Waals surface area contributed by atoms with Gasteiger partial charge in [0.05, 0.1) is 65.4 Å². The van der Waals surface area contributed by atoms with Crippen LogP contribution >= 0.6 is 0 Å². The van der Waals surface area contributed by atoms with Gasteiger partial charge in [-0.1, -0.05) is 26.0 Å². The molecular formula is C36H53N5O12. The molecule has 1 aliphatic rings. The van der Waals surface area contributed by atoms with E-state index in [0.29, 0.717) is 38.5 Å². The van der Waals surface area contributed by atoms with Crippen LogP contribution in [0.15, 0.2) is 36.4 Å². The maximum atomic E-state index is 13.4. The lowest BCUT2D eigenvalue weighted by Gasteiger charge is -2.24. The number of primary amides is 1. The SMILES string of the molecule is CC(=O)OCc1ccc(NC(=O)C(CCCNC(N)=O)CC(=O)[C@@H](NC(=O)CCOCCOCCOCCOCCN2C(=O)C=CC2=O)C(C)C)cc1. The molecule has 0 saturated carbocycles. The number of anilines is 1. The first kappa shape index (κ1) is 44.5. The monoisotopic (exact) mass is 747 g/mol. The van der Waals surface area contributed by atoms with Crippen molar-refractivity contribution >= 4 is 47.1 Å². The summed E-state index contributed by atoms with van der Waals surface area (Å²) >= 11 is 0. The van der Waals surface area contributed by atoms with Gasteiger partial charge in [0.25, 0.3) is 11.8 Å². The molecule has 2 rings (SSSR count). The molecule has 0 saturated heterocycles. The van der Waals surface area contributed by atoms with Crippen LogP contribution in [0.1, 0.15) is 52.0 Å². The predicted molar refractivity (Wildman–Crippen MR) is 191 cm³/mol. The van der Waals surface area contributed by atoms with E-state index < -0.39 is 29.9 Å². The Bertz CT molecular complexity index is 1370. The fourth-order valence-electron chi connectivity index (χ4n) is 4.97. The highest BCUT2D eigenvalue weighted by molar-refractivity contribution is 6.12. The third-order valence-electron chi connectivity index (χ3n) is 7.79. The van der Waals surface area contributed by atoms with Crippen molar-refractivity contribution in [2.45, 2.75) is 59.1 Å². The van der Waals surface area contributed by atoms with Crippen LogP contribution in [0.3, 0.4) is 0 Å². The van der Waals surface area contributed by atoms with Crippen molar-refractivity contribution in [3.8, 4) is 0 Å². The number of esters is 1. The Hall–Kier alpha value is -4.71. The second-order valence-electron chi connectivity index (χ2n) is 12.4. The number of ketones is 1. The molecule has 17 nitrogen and oxygen atoms in total. The van der Waals surface area contributed by atoms with Gasteiger partial charge >= 0.3 is 12.0 Å². The summed E-state index contributed by atoms with van der Waals surface area (Å²) in [5.41, 5.74) is 6.38. The Morgan fingerprint density at radius 1 is 0.811 bits per heavy atom. The minimum absolute atomic E-state index is 0.0202. The molecule has 0 bridgehead atoms. The van der Waals surface area contributed by atoms with Gasteiger partial charge in [-0.2, -0.15) is 0 Å². The second-order valence-corrected chi connectivity index (χ2v) is 12.4. The average Bonchev–Trinajstić information content (AvgIpc) is 3.43. The Morgan fingerprint density at radius 2 is 1.38 bits per heavy atom. The van der Waals surface area contributed by atoms with E-state index in [1.54, 1.807) is 38.1 Å². The maximum absolute atomic E-state index is 13.4. The van der Waals surface area contributed by atoms with Gasteiger partial charge in [-0.25, -0.2) is 4.79 Å². The van der Waals surface area contributed by atoms with Crippen LogP contribution in [0.25, 0.3) is 0 Å². The lowest BCUT2D eigenvalue weighted by atomic mass is 9.89. The zero-order valence-electron chi connectivity index (χ0n) is 30.7. The van der Waals surface area contributed by atoms with Crippen molar-refractivity contribution in [2.75, 3.05) is 71.3 Å². The molecule has 17 heteroatoms. The Kier molecular flexibility index (Phi) is 21.2. The van der Waals surface area contributed by atoms with E-state index in [-0.39, 0.29) is 94.8 Å². The van der Waals surface area contributed by atoms with E-state index in [1.807, 2.05) is 0 Å². The number of benzene rings is 1. The Labute approximate surface area is 309 Å². The molecule has 294 valence electrons. The van der Waals surface area contributed by atoms with E-state index in [2.05, 4.69) is 16.0 Å². The zero-order chi connectivity index (χ0) is 39.0. The van der Waals surface area contributed by atoms with Crippen molar-refractivity contribution in [3.05, 3.63) is 42.0 Å². The van der Waals surface area contributed by atoms with Gasteiger partial charge in [0.2, 0.25) is 11.8 Å². The molecule has 1 heterocycles. The number of urea groups is 1. The number of amides is 6. The van der Waals surface area contributed by atoms with Gasteiger partial charge in [0.15, 0.2) is 5.78 Å². The summed E-state index contributed by atoms with van der Waals surface area (Å²) in [4.78, 5) is 85.7. The molecule has 6 amide bonds.